The van der Waals surface area contributed by atoms with Crippen LogP contribution < -0.4 is 38.1 Å². The lowest BCUT2D eigenvalue weighted by molar-refractivity contribution is -0.148. The zero-order valence-corrected chi connectivity index (χ0v) is 35.3. The molecule has 0 unspecified atom stereocenters. The summed E-state index contributed by atoms with van der Waals surface area (Å²) in [6.07, 6.45) is 4.69. The van der Waals surface area contributed by atoms with Gasteiger partial charge in [0.1, 0.15) is 48.3 Å². The van der Waals surface area contributed by atoms with Gasteiger partial charge in [0.05, 0.1) is 6.04 Å². The summed E-state index contributed by atoms with van der Waals surface area (Å²) < 4.78 is 0. The second-order valence-electron chi connectivity index (χ2n) is 16.4. The van der Waals surface area contributed by atoms with Gasteiger partial charge in [-0.1, -0.05) is 20.3 Å². The fraction of sp³-hybridized carbons (Fsp3) is 0.769. The highest BCUT2D eigenvalue weighted by Gasteiger charge is 2.44. The van der Waals surface area contributed by atoms with Crippen LogP contribution in [-0.4, -0.2) is 154 Å². The van der Waals surface area contributed by atoms with E-state index >= 15 is 0 Å². The number of unbranched alkanes of at least 4 members (excludes halogenated alkanes) is 1. The van der Waals surface area contributed by atoms with E-state index in [2.05, 4.69) is 26.6 Å². The Labute approximate surface area is 346 Å². The number of likely N-dealkylation sites (tertiary alicyclic amines) is 3. The van der Waals surface area contributed by atoms with E-state index in [4.69, 9.17) is 16.6 Å². The molecule has 0 radical (unpaired) electrons. The Kier molecular flexibility index (Phi) is 18.5. The summed E-state index contributed by atoms with van der Waals surface area (Å²) in [4.78, 5) is 122. The number of nitrogens with one attached hydrogen (secondary N) is 5. The molecule has 10 N–H and O–H groups in total. The summed E-state index contributed by atoms with van der Waals surface area (Å²) in [5.41, 5.74) is 11.5. The van der Waals surface area contributed by atoms with Gasteiger partial charge in [0.2, 0.25) is 47.3 Å². The number of nitrogens with zero attached hydrogens (tertiary/aromatic N) is 3. The number of rotatable bonds is 20. The van der Waals surface area contributed by atoms with Crippen molar-refractivity contribution in [3.63, 3.8) is 0 Å². The van der Waals surface area contributed by atoms with Crippen LogP contribution >= 0.6 is 0 Å². The molecule has 8 amide bonds. The molecule has 0 spiro atoms. The zero-order valence-electron chi connectivity index (χ0n) is 35.3. The van der Waals surface area contributed by atoms with Gasteiger partial charge in [-0.15, -0.1) is 0 Å². The molecule has 0 aromatic rings. The van der Waals surface area contributed by atoms with Crippen molar-refractivity contribution in [2.24, 2.45) is 17.4 Å². The molecule has 0 bridgehead atoms. The van der Waals surface area contributed by atoms with Crippen LogP contribution in [0.3, 0.4) is 0 Å². The molecule has 332 valence electrons. The van der Waals surface area contributed by atoms with Crippen LogP contribution in [-0.2, 0) is 43.2 Å². The van der Waals surface area contributed by atoms with Crippen LogP contribution in [0, 0.1) is 5.92 Å². The summed E-state index contributed by atoms with van der Waals surface area (Å²) in [7, 11) is 0. The van der Waals surface area contributed by atoms with Gasteiger partial charge in [-0.05, 0) is 97.9 Å². The third-order valence-electron chi connectivity index (χ3n) is 11.1. The number of hydrogen-bond acceptors (Lipinski definition) is 11. The van der Waals surface area contributed by atoms with Gasteiger partial charge in [-0.25, -0.2) is 0 Å². The maximum absolute atomic E-state index is 13.9. The maximum Gasteiger partial charge on any atom is 0.325 e. The maximum atomic E-state index is 13.9. The minimum atomic E-state index is -1.24. The standard InChI is InChI=1S/C39H66N10O10/c1-21(2)20-27(33(52)42-22(3)31(50)45-25(6)39(58)59)46-35(54)29-14-9-17-47(29)36(55)24(5)44-34(53)28-13-10-18-48(28)38(57)30-15-11-19-49(30)37(56)23(4)43-32(51)26(41)12-7-8-16-40/h21-30H,7-20,40-41H2,1-6H3,(H,42,52)(H,43,51)(H,44,53)(H,45,50)(H,46,54)(H,58,59)/t22-,23-,24-,25-,26-,27-,28-,29-,30-/m0/s1. The van der Waals surface area contributed by atoms with Crippen molar-refractivity contribution in [2.45, 2.75) is 160 Å². The summed E-state index contributed by atoms with van der Waals surface area (Å²) in [5.74, 6) is -5.55. The fourth-order valence-electron chi connectivity index (χ4n) is 7.73. The average Bonchev–Trinajstić information content (AvgIpc) is 3.98. The number of carboxylic acid groups (broad SMARTS) is 1. The first-order valence-electron chi connectivity index (χ1n) is 20.9. The molecular formula is C39H66N10O10. The van der Waals surface area contributed by atoms with E-state index in [9.17, 15) is 43.2 Å². The zero-order chi connectivity index (χ0) is 44.1. The lowest BCUT2D eigenvalue weighted by Crippen LogP contribution is -2.59. The molecular weight excluding hydrogens is 768 g/mol. The number of amides is 8. The number of aliphatic carboxylic acids is 1. The molecule has 3 saturated heterocycles. The Balaban J connectivity index is 1.61. The molecule has 3 aliphatic heterocycles. The van der Waals surface area contributed by atoms with Crippen LogP contribution in [0.4, 0.5) is 0 Å². The molecule has 3 fully saturated rings. The molecule has 3 aliphatic rings. The van der Waals surface area contributed by atoms with E-state index in [-0.39, 0.29) is 31.3 Å². The minimum absolute atomic E-state index is 0.0459. The van der Waals surface area contributed by atoms with Gasteiger partial charge >= 0.3 is 5.97 Å². The normalized spacial score (nSPS) is 22.1. The summed E-state index contributed by atoms with van der Waals surface area (Å²) in [6, 6.07) is -8.75. The lowest BCUT2D eigenvalue weighted by Gasteiger charge is -2.33. The second kappa shape index (κ2) is 22.5. The smallest absolute Gasteiger partial charge is 0.325 e. The van der Waals surface area contributed by atoms with Gasteiger partial charge in [0.25, 0.3) is 0 Å². The van der Waals surface area contributed by atoms with Gasteiger partial charge in [-0.3, -0.25) is 43.2 Å². The molecule has 3 heterocycles. The third-order valence-corrected chi connectivity index (χ3v) is 11.1. The van der Waals surface area contributed by atoms with Crippen LogP contribution in [0.15, 0.2) is 0 Å². The lowest BCUT2D eigenvalue weighted by atomic mass is 10.0. The SMILES string of the molecule is CC(C)C[C@H](NC(=O)[C@@H]1CCCN1C(=O)[C@H](C)NC(=O)[C@@H]1CCCN1C(=O)[C@@H]1CCCN1C(=O)[C@H](C)NC(=O)[C@@H](N)CCCCN)C(=O)N[C@@H](C)C(=O)N[C@@H](C)C(=O)O. The van der Waals surface area contributed by atoms with Crippen molar-refractivity contribution in [1.82, 2.24) is 41.3 Å². The molecule has 59 heavy (non-hydrogen) atoms. The first-order valence-corrected chi connectivity index (χ1v) is 20.9. The fourth-order valence-corrected chi connectivity index (χ4v) is 7.73. The molecule has 0 aliphatic carbocycles. The Hall–Kier alpha value is -4.85. The Bertz CT molecular complexity index is 1560. The predicted octanol–water partition coefficient (Wildman–Crippen LogP) is -1.95. The van der Waals surface area contributed by atoms with Crippen molar-refractivity contribution in [3.05, 3.63) is 0 Å². The number of carbonyl (C=O) groups excluding carboxylic acids is 8. The monoisotopic (exact) mass is 834 g/mol. The molecule has 0 aromatic carbocycles. The molecule has 0 saturated carbocycles. The van der Waals surface area contributed by atoms with Crippen molar-refractivity contribution < 1.29 is 48.3 Å². The van der Waals surface area contributed by atoms with Crippen molar-refractivity contribution in [2.75, 3.05) is 26.2 Å². The van der Waals surface area contributed by atoms with Crippen LogP contribution in [0.25, 0.3) is 0 Å². The molecule has 3 rings (SSSR count). The van der Waals surface area contributed by atoms with Gasteiger partial charge in [0, 0.05) is 19.6 Å². The summed E-state index contributed by atoms with van der Waals surface area (Å²) in [5, 5.41) is 22.0. The van der Waals surface area contributed by atoms with Crippen LogP contribution in [0.2, 0.25) is 0 Å². The van der Waals surface area contributed by atoms with Gasteiger partial charge in [0.15, 0.2) is 0 Å². The number of carboxylic acids is 1. The molecule has 9 atom stereocenters. The number of nitrogens with two attached hydrogens (primary N) is 2. The quantitative estimate of drug-likeness (QED) is 0.0622. The first kappa shape index (κ1) is 48.5. The van der Waals surface area contributed by atoms with E-state index in [0.29, 0.717) is 64.5 Å². The molecule has 20 heteroatoms. The predicted molar refractivity (Wildman–Crippen MR) is 215 cm³/mol. The Morgan fingerprint density at radius 1 is 0.593 bits per heavy atom. The summed E-state index contributed by atoms with van der Waals surface area (Å²) in [6.45, 7) is 10.7. The first-order chi connectivity index (χ1) is 27.8. The molecule has 0 aromatic heterocycles. The highest BCUT2D eigenvalue weighted by molar-refractivity contribution is 5.98. The largest absolute Gasteiger partial charge is 0.480 e. The van der Waals surface area contributed by atoms with E-state index in [1.807, 2.05) is 13.8 Å². The van der Waals surface area contributed by atoms with E-state index < -0.39 is 102 Å². The summed E-state index contributed by atoms with van der Waals surface area (Å²) >= 11 is 0. The van der Waals surface area contributed by atoms with E-state index in [1.165, 1.54) is 35.5 Å². The van der Waals surface area contributed by atoms with Gasteiger partial charge < -0.3 is 57.9 Å². The van der Waals surface area contributed by atoms with Crippen LogP contribution in [0.5, 0.6) is 0 Å². The van der Waals surface area contributed by atoms with Crippen molar-refractivity contribution in [3.8, 4) is 0 Å². The number of carbonyl (C=O) groups is 9. The second-order valence-corrected chi connectivity index (χ2v) is 16.4. The van der Waals surface area contributed by atoms with E-state index in [1.54, 1.807) is 6.92 Å². The van der Waals surface area contributed by atoms with Crippen LogP contribution in [0.1, 0.15) is 106 Å². The highest BCUT2D eigenvalue weighted by atomic mass is 16.4. The topological polar surface area (TPSA) is 296 Å². The van der Waals surface area contributed by atoms with Crippen molar-refractivity contribution in [1.29, 1.82) is 0 Å². The Morgan fingerprint density at radius 3 is 1.63 bits per heavy atom. The van der Waals surface area contributed by atoms with E-state index in [0.717, 1.165) is 6.42 Å². The molecule has 20 nitrogen and oxygen atoms in total. The minimum Gasteiger partial charge on any atom is -0.480 e. The number of hydrogen-bond donors (Lipinski definition) is 8. The van der Waals surface area contributed by atoms with Crippen molar-refractivity contribution >= 4 is 53.2 Å². The Morgan fingerprint density at radius 2 is 1.07 bits per heavy atom. The highest BCUT2D eigenvalue weighted by Crippen LogP contribution is 2.26. The third kappa shape index (κ3) is 13.3. The van der Waals surface area contributed by atoms with Gasteiger partial charge in [-0.2, -0.15) is 0 Å². The average molecular weight is 835 g/mol.